The van der Waals surface area contributed by atoms with Crippen LogP contribution in [0.3, 0.4) is 0 Å². The van der Waals surface area contributed by atoms with Crippen LogP contribution in [0.2, 0.25) is 0 Å². The lowest BCUT2D eigenvalue weighted by molar-refractivity contribution is 0.0697. The van der Waals surface area contributed by atoms with E-state index in [0.717, 1.165) is 0 Å². The van der Waals surface area contributed by atoms with Crippen molar-refractivity contribution in [2.75, 3.05) is 0 Å². The number of aromatic amines is 1. The molecule has 0 fully saturated rings. The van der Waals surface area contributed by atoms with Gasteiger partial charge in [-0.3, -0.25) is 4.79 Å². The molecule has 0 saturated carbocycles. The molecule has 0 atom stereocenters. The monoisotopic (exact) mass is 283 g/mol. The maximum absolute atomic E-state index is 11.2. The van der Waals surface area contributed by atoms with Crippen molar-refractivity contribution < 1.29 is 14.3 Å². The number of aromatic nitrogens is 3. The smallest absolute Gasteiger partial charge is 0.335 e. The van der Waals surface area contributed by atoms with Crippen LogP contribution in [0.4, 0.5) is 0 Å². The zero-order valence-corrected chi connectivity index (χ0v) is 10.6. The molecular weight excluding hydrogens is 274 g/mol. The predicted octanol–water partition coefficient (Wildman–Crippen LogP) is 1.79. The predicted molar refractivity (Wildman–Crippen MR) is 72.8 cm³/mol. The largest absolute Gasteiger partial charge is 0.478 e. The van der Waals surface area contributed by atoms with E-state index in [-0.39, 0.29) is 22.9 Å². The molecule has 0 radical (unpaired) electrons. The number of rotatable bonds is 3. The highest BCUT2D eigenvalue weighted by atomic mass is 16.4. The first-order valence-electron chi connectivity index (χ1n) is 6.00. The fraction of sp³-hybridized carbons (Fsp3) is 0. The van der Waals surface area contributed by atoms with Crippen LogP contribution >= 0.6 is 0 Å². The van der Waals surface area contributed by atoms with E-state index >= 15 is 0 Å². The van der Waals surface area contributed by atoms with E-state index in [2.05, 4.69) is 15.2 Å². The summed E-state index contributed by atoms with van der Waals surface area (Å²) < 4.78 is 5.47. The second kappa shape index (κ2) is 5.04. The lowest BCUT2D eigenvalue weighted by Crippen LogP contribution is -2.03. The van der Waals surface area contributed by atoms with Crippen LogP contribution in [0.5, 0.6) is 0 Å². The van der Waals surface area contributed by atoms with Crippen molar-refractivity contribution in [3.8, 4) is 23.0 Å². The summed E-state index contributed by atoms with van der Waals surface area (Å²) in [5, 5.41) is 16.6. The van der Waals surface area contributed by atoms with Gasteiger partial charge in [0.15, 0.2) is 0 Å². The van der Waals surface area contributed by atoms with Crippen LogP contribution < -0.4 is 5.56 Å². The molecule has 2 heterocycles. The number of hydrogen-bond donors (Lipinski definition) is 2. The van der Waals surface area contributed by atoms with Crippen molar-refractivity contribution in [1.29, 1.82) is 0 Å². The van der Waals surface area contributed by atoms with Gasteiger partial charge >= 0.3 is 5.97 Å². The van der Waals surface area contributed by atoms with Crippen LogP contribution in [-0.2, 0) is 0 Å². The standard InChI is InChI=1S/C14H9N3O4/c18-11-3-1-2-10(15-11)13-17-16-12(21-13)8-4-6-9(7-5-8)14(19)20/h1-7H,(H,15,18)(H,19,20). The van der Waals surface area contributed by atoms with Gasteiger partial charge < -0.3 is 14.5 Å². The van der Waals surface area contributed by atoms with Crippen molar-refractivity contribution >= 4 is 5.97 Å². The number of nitrogens with zero attached hydrogens (tertiary/aromatic N) is 2. The molecule has 21 heavy (non-hydrogen) atoms. The van der Waals surface area contributed by atoms with Gasteiger partial charge in [0.25, 0.3) is 5.89 Å². The molecule has 2 N–H and O–H groups in total. The van der Waals surface area contributed by atoms with E-state index in [0.29, 0.717) is 11.3 Å². The first kappa shape index (κ1) is 12.8. The Hall–Kier alpha value is -3.22. The molecule has 104 valence electrons. The fourth-order valence-corrected chi connectivity index (χ4v) is 1.78. The minimum Gasteiger partial charge on any atom is -0.478 e. The number of aromatic carboxylic acids is 1. The fourth-order valence-electron chi connectivity index (χ4n) is 1.78. The molecule has 1 aromatic carbocycles. The van der Waals surface area contributed by atoms with E-state index in [1.54, 1.807) is 24.3 Å². The Labute approximate surface area is 117 Å². The van der Waals surface area contributed by atoms with Gasteiger partial charge in [-0.05, 0) is 30.3 Å². The molecule has 0 spiro atoms. The Kier molecular flexibility index (Phi) is 3.07. The van der Waals surface area contributed by atoms with E-state index in [1.165, 1.54) is 18.2 Å². The van der Waals surface area contributed by atoms with Crippen LogP contribution in [0.25, 0.3) is 23.0 Å². The molecule has 0 saturated heterocycles. The van der Waals surface area contributed by atoms with Crippen molar-refractivity contribution in [2.45, 2.75) is 0 Å². The number of pyridine rings is 1. The molecule has 0 aliphatic rings. The van der Waals surface area contributed by atoms with Crippen LogP contribution in [0, 0.1) is 0 Å². The number of carbonyl (C=O) groups is 1. The number of carboxylic acids is 1. The third-order valence-electron chi connectivity index (χ3n) is 2.80. The van der Waals surface area contributed by atoms with Gasteiger partial charge in [0.05, 0.1) is 5.56 Å². The SMILES string of the molecule is O=C(O)c1ccc(-c2nnc(-c3cccc(=O)[nH]3)o2)cc1. The summed E-state index contributed by atoms with van der Waals surface area (Å²) in [7, 11) is 0. The second-order valence-corrected chi connectivity index (χ2v) is 4.22. The summed E-state index contributed by atoms with van der Waals surface area (Å²) in [4.78, 5) is 24.6. The lowest BCUT2D eigenvalue weighted by Gasteiger charge is -1.96. The van der Waals surface area contributed by atoms with E-state index in [1.807, 2.05) is 0 Å². The third kappa shape index (κ3) is 2.57. The lowest BCUT2D eigenvalue weighted by atomic mass is 10.1. The van der Waals surface area contributed by atoms with Gasteiger partial charge in [0.2, 0.25) is 11.4 Å². The van der Waals surface area contributed by atoms with Crippen LogP contribution in [0.1, 0.15) is 10.4 Å². The minimum atomic E-state index is -1.00. The van der Waals surface area contributed by atoms with Crippen LogP contribution in [-0.4, -0.2) is 26.3 Å². The average Bonchev–Trinajstić information content (AvgIpc) is 2.97. The van der Waals surface area contributed by atoms with Crippen LogP contribution in [0.15, 0.2) is 51.7 Å². The summed E-state index contributed by atoms with van der Waals surface area (Å²) in [5.74, 6) is -0.578. The number of hydrogen-bond acceptors (Lipinski definition) is 5. The van der Waals surface area contributed by atoms with Gasteiger partial charge in [0, 0.05) is 11.6 Å². The maximum atomic E-state index is 11.2. The average molecular weight is 283 g/mol. The third-order valence-corrected chi connectivity index (χ3v) is 2.80. The van der Waals surface area contributed by atoms with Gasteiger partial charge in [-0.1, -0.05) is 6.07 Å². The van der Waals surface area contributed by atoms with Crippen molar-refractivity contribution in [2.24, 2.45) is 0 Å². The van der Waals surface area contributed by atoms with Crippen molar-refractivity contribution in [3.05, 3.63) is 58.4 Å². The highest BCUT2D eigenvalue weighted by Gasteiger charge is 2.11. The summed E-state index contributed by atoms with van der Waals surface area (Å²) in [6.45, 7) is 0. The van der Waals surface area contributed by atoms with E-state index in [9.17, 15) is 9.59 Å². The van der Waals surface area contributed by atoms with E-state index in [4.69, 9.17) is 9.52 Å². The molecule has 3 rings (SSSR count). The van der Waals surface area contributed by atoms with Gasteiger partial charge in [-0.15, -0.1) is 10.2 Å². The molecule has 0 unspecified atom stereocenters. The zero-order chi connectivity index (χ0) is 14.8. The highest BCUT2D eigenvalue weighted by Crippen LogP contribution is 2.22. The summed E-state index contributed by atoms with van der Waals surface area (Å²) in [6, 6.07) is 10.7. The quantitative estimate of drug-likeness (QED) is 0.758. The van der Waals surface area contributed by atoms with Gasteiger partial charge in [-0.25, -0.2) is 4.79 Å². The van der Waals surface area contributed by atoms with E-state index < -0.39 is 5.97 Å². The molecular formula is C14H9N3O4. The Balaban J connectivity index is 1.94. The first-order chi connectivity index (χ1) is 10.1. The Morgan fingerprint density at radius 2 is 1.76 bits per heavy atom. The molecule has 0 aliphatic heterocycles. The Bertz CT molecular complexity index is 849. The molecule has 0 bridgehead atoms. The molecule has 0 aliphatic carbocycles. The second-order valence-electron chi connectivity index (χ2n) is 4.22. The van der Waals surface area contributed by atoms with Gasteiger partial charge in [-0.2, -0.15) is 0 Å². The molecule has 7 heteroatoms. The van der Waals surface area contributed by atoms with Crippen molar-refractivity contribution in [1.82, 2.24) is 15.2 Å². The number of carboxylic acid groups (broad SMARTS) is 1. The summed E-state index contributed by atoms with van der Waals surface area (Å²) in [6.07, 6.45) is 0. The minimum absolute atomic E-state index is 0.172. The Morgan fingerprint density at radius 3 is 2.43 bits per heavy atom. The molecule has 0 amide bonds. The number of H-pyrrole nitrogens is 1. The molecule has 7 nitrogen and oxygen atoms in total. The summed E-state index contributed by atoms with van der Waals surface area (Å²) >= 11 is 0. The number of nitrogens with one attached hydrogen (secondary N) is 1. The zero-order valence-electron chi connectivity index (χ0n) is 10.6. The maximum Gasteiger partial charge on any atom is 0.335 e. The normalized spacial score (nSPS) is 10.5. The molecule has 2 aromatic heterocycles. The van der Waals surface area contributed by atoms with Crippen molar-refractivity contribution in [3.63, 3.8) is 0 Å². The number of benzene rings is 1. The highest BCUT2D eigenvalue weighted by molar-refractivity contribution is 5.88. The topological polar surface area (TPSA) is 109 Å². The molecule has 3 aromatic rings. The van der Waals surface area contributed by atoms with Gasteiger partial charge in [0.1, 0.15) is 5.69 Å². The first-order valence-corrected chi connectivity index (χ1v) is 6.00. The summed E-state index contributed by atoms with van der Waals surface area (Å²) in [5.41, 5.74) is 0.921. The Morgan fingerprint density at radius 1 is 1.05 bits per heavy atom.